The van der Waals surface area contributed by atoms with E-state index in [1.807, 2.05) is 74.5 Å². The molecule has 0 aliphatic carbocycles. The van der Waals surface area contributed by atoms with Gasteiger partial charge in [0.15, 0.2) is 0 Å². The standard InChI is InChI=1S/C47H55N5O6S2/c1-32(2)40(51-43(56)46(6)31-59-42(52-46)38-27-18-26-37(49-38)30-48-44(57)58-45(3,4)5)41(55)50-36(29-39(53)54)25-16-17-28-60-47(33-19-10-7-11-20-33,34-21-12-8-13-22-34)35-23-14-9-15-24-35/h7-16,18-27,32,36,40H,17,28-31H2,1-6H3,(H,48,57)(H,50,55)(H,51,56)(H,53,54)/t36?,40-,46-/m0/s1. The molecule has 60 heavy (non-hydrogen) atoms. The number of nitrogens with zero attached hydrogens (tertiary/aromatic N) is 2. The Morgan fingerprint density at radius 1 is 0.867 bits per heavy atom. The van der Waals surface area contributed by atoms with Crippen LogP contribution in [0.2, 0.25) is 0 Å². The van der Waals surface area contributed by atoms with E-state index in [9.17, 15) is 24.3 Å². The van der Waals surface area contributed by atoms with E-state index in [4.69, 9.17) is 9.73 Å². The fraction of sp³-hybridized carbons (Fsp3) is 0.362. The average Bonchev–Trinajstić information content (AvgIpc) is 3.63. The summed E-state index contributed by atoms with van der Waals surface area (Å²) in [4.78, 5) is 61.1. The molecule has 13 heteroatoms. The number of aliphatic imine (C=N–C) groups is 1. The van der Waals surface area contributed by atoms with Crippen LogP contribution in [-0.4, -0.2) is 73.7 Å². The molecule has 3 atom stereocenters. The summed E-state index contributed by atoms with van der Waals surface area (Å²) >= 11 is 3.18. The summed E-state index contributed by atoms with van der Waals surface area (Å²) in [6.45, 7) is 10.9. The lowest BCUT2D eigenvalue weighted by Crippen LogP contribution is -2.56. The van der Waals surface area contributed by atoms with E-state index in [2.05, 4.69) is 57.3 Å². The first-order valence-corrected chi connectivity index (χ1v) is 22.0. The van der Waals surface area contributed by atoms with Crippen molar-refractivity contribution in [1.29, 1.82) is 0 Å². The van der Waals surface area contributed by atoms with Crippen LogP contribution in [-0.2, 0) is 30.4 Å². The molecule has 1 unspecified atom stereocenters. The molecule has 1 aromatic heterocycles. The second kappa shape index (κ2) is 20.7. The number of hydrogen-bond acceptors (Lipinski definition) is 9. The van der Waals surface area contributed by atoms with Crippen LogP contribution in [0.3, 0.4) is 0 Å². The van der Waals surface area contributed by atoms with Crippen molar-refractivity contribution >= 4 is 52.4 Å². The van der Waals surface area contributed by atoms with Gasteiger partial charge in [0.2, 0.25) is 11.8 Å². The highest BCUT2D eigenvalue weighted by molar-refractivity contribution is 8.14. The SMILES string of the molecule is CC(C)[C@H](NC(=O)[C@]1(C)CSC(c2cccc(CNC(=O)OC(C)(C)C)n2)=N1)C(=O)NC(C=CCCSC(c1ccccc1)(c1ccccc1)c1ccccc1)CC(=O)O. The monoisotopic (exact) mass is 849 g/mol. The molecule has 0 radical (unpaired) electrons. The van der Waals surface area contributed by atoms with Gasteiger partial charge >= 0.3 is 12.1 Å². The van der Waals surface area contributed by atoms with Crippen LogP contribution in [0.4, 0.5) is 4.79 Å². The lowest BCUT2D eigenvalue weighted by atomic mass is 9.84. The van der Waals surface area contributed by atoms with E-state index in [1.165, 1.54) is 11.8 Å². The van der Waals surface area contributed by atoms with Gasteiger partial charge in [0.1, 0.15) is 22.2 Å². The number of pyridine rings is 1. The largest absolute Gasteiger partial charge is 0.481 e. The number of nitrogens with one attached hydrogen (secondary N) is 3. The van der Waals surface area contributed by atoms with Crippen molar-refractivity contribution in [2.24, 2.45) is 10.9 Å². The Kier molecular flexibility index (Phi) is 15.8. The fourth-order valence-electron chi connectivity index (χ4n) is 6.69. The fourth-order valence-corrected chi connectivity index (χ4v) is 9.30. The van der Waals surface area contributed by atoms with Gasteiger partial charge in [-0.25, -0.2) is 9.78 Å². The van der Waals surface area contributed by atoms with Crippen LogP contribution in [0, 0.1) is 5.92 Å². The number of carboxylic acid groups (broad SMARTS) is 1. The summed E-state index contributed by atoms with van der Waals surface area (Å²) in [6, 6.07) is 34.8. The zero-order valence-electron chi connectivity index (χ0n) is 35.0. The van der Waals surface area contributed by atoms with Crippen LogP contribution in [0.5, 0.6) is 0 Å². The first kappa shape index (κ1) is 45.7. The highest BCUT2D eigenvalue weighted by Crippen LogP contribution is 2.48. The Morgan fingerprint density at radius 2 is 1.45 bits per heavy atom. The molecule has 3 amide bonds. The van der Waals surface area contributed by atoms with Crippen LogP contribution < -0.4 is 16.0 Å². The minimum atomic E-state index is -1.19. The van der Waals surface area contributed by atoms with Crippen molar-refractivity contribution in [3.63, 3.8) is 0 Å². The third-order valence-electron chi connectivity index (χ3n) is 9.64. The molecule has 0 bridgehead atoms. The Labute approximate surface area is 361 Å². The van der Waals surface area contributed by atoms with Gasteiger partial charge in [-0.15, -0.1) is 23.5 Å². The number of amides is 3. The molecule has 4 N–H and O–H groups in total. The van der Waals surface area contributed by atoms with Crippen molar-refractivity contribution in [2.45, 2.75) is 88.9 Å². The molecular weight excluding hydrogens is 795 g/mol. The number of carbonyl (C=O) groups is 4. The maximum atomic E-state index is 13.8. The minimum absolute atomic E-state index is 0.151. The van der Waals surface area contributed by atoms with Crippen molar-refractivity contribution in [1.82, 2.24) is 20.9 Å². The maximum Gasteiger partial charge on any atom is 0.407 e. The number of benzene rings is 3. The van der Waals surface area contributed by atoms with Crippen molar-refractivity contribution in [3.05, 3.63) is 149 Å². The number of carbonyl (C=O) groups excluding carboxylic acids is 3. The minimum Gasteiger partial charge on any atom is -0.481 e. The van der Waals surface area contributed by atoms with E-state index in [-0.39, 0.29) is 18.9 Å². The Balaban J connectivity index is 1.24. The number of allylic oxidation sites excluding steroid dienone is 1. The zero-order valence-corrected chi connectivity index (χ0v) is 36.6. The van der Waals surface area contributed by atoms with E-state index in [0.29, 0.717) is 34.4 Å². The highest BCUT2D eigenvalue weighted by atomic mass is 32.2. The van der Waals surface area contributed by atoms with Crippen molar-refractivity contribution < 1.29 is 29.0 Å². The zero-order chi connectivity index (χ0) is 43.3. The number of carboxylic acids is 1. The second-order valence-electron chi connectivity index (χ2n) is 16.1. The summed E-state index contributed by atoms with van der Waals surface area (Å²) in [5, 5.41) is 18.8. The average molecular weight is 850 g/mol. The highest BCUT2D eigenvalue weighted by Gasteiger charge is 2.41. The molecule has 4 aromatic rings. The van der Waals surface area contributed by atoms with Crippen LogP contribution >= 0.6 is 23.5 Å². The summed E-state index contributed by atoms with van der Waals surface area (Å²) in [5.41, 5.74) is 2.79. The van der Waals surface area contributed by atoms with Gasteiger partial charge in [0.05, 0.1) is 35.1 Å². The van der Waals surface area contributed by atoms with Crippen LogP contribution in [0.1, 0.15) is 82.5 Å². The number of aliphatic carboxylic acids is 1. The van der Waals surface area contributed by atoms with Crippen molar-refractivity contribution in [2.75, 3.05) is 11.5 Å². The van der Waals surface area contributed by atoms with E-state index in [0.717, 1.165) is 16.7 Å². The molecular formula is C47H55N5O6S2. The Hall–Kier alpha value is -5.40. The van der Waals surface area contributed by atoms with E-state index >= 15 is 0 Å². The van der Waals surface area contributed by atoms with E-state index in [1.54, 1.807) is 63.7 Å². The number of rotatable bonds is 18. The van der Waals surface area contributed by atoms with Gasteiger partial charge in [0, 0.05) is 5.75 Å². The van der Waals surface area contributed by atoms with Gasteiger partial charge in [-0.05, 0) is 74.6 Å². The summed E-state index contributed by atoms with van der Waals surface area (Å²) in [5.74, 6) is -1.25. The smallest absolute Gasteiger partial charge is 0.407 e. The second-order valence-corrected chi connectivity index (χ2v) is 18.4. The van der Waals surface area contributed by atoms with Crippen molar-refractivity contribution in [3.8, 4) is 0 Å². The number of thioether (sulfide) groups is 2. The molecule has 5 rings (SSSR count). The number of ether oxygens (including phenoxy) is 1. The van der Waals surface area contributed by atoms with Gasteiger partial charge < -0.3 is 25.8 Å². The third-order valence-corrected chi connectivity index (χ3v) is 12.5. The molecule has 316 valence electrons. The summed E-state index contributed by atoms with van der Waals surface area (Å²) in [6.07, 6.45) is 3.39. The Morgan fingerprint density at radius 3 is 1.98 bits per heavy atom. The van der Waals surface area contributed by atoms with Gasteiger partial charge in [-0.2, -0.15) is 0 Å². The number of alkyl carbamates (subject to hydrolysis) is 1. The summed E-state index contributed by atoms with van der Waals surface area (Å²) < 4.78 is 4.82. The van der Waals surface area contributed by atoms with E-state index < -0.39 is 51.8 Å². The van der Waals surface area contributed by atoms with Gasteiger partial charge in [-0.1, -0.05) is 123 Å². The predicted molar refractivity (Wildman–Crippen MR) is 241 cm³/mol. The summed E-state index contributed by atoms with van der Waals surface area (Å²) in [7, 11) is 0. The molecule has 0 spiro atoms. The molecule has 1 aliphatic rings. The molecule has 2 heterocycles. The van der Waals surface area contributed by atoms with Gasteiger partial charge in [0.25, 0.3) is 0 Å². The molecule has 11 nitrogen and oxygen atoms in total. The predicted octanol–water partition coefficient (Wildman–Crippen LogP) is 8.13. The normalized spacial score (nSPS) is 16.5. The lowest BCUT2D eigenvalue weighted by Gasteiger charge is -2.35. The van der Waals surface area contributed by atoms with Gasteiger partial charge in [-0.3, -0.25) is 19.4 Å². The Bertz CT molecular complexity index is 2050. The molecule has 3 aromatic carbocycles. The third kappa shape index (κ3) is 12.3. The quantitative estimate of drug-likeness (QED) is 0.0441. The maximum absolute atomic E-state index is 13.8. The van der Waals surface area contributed by atoms with Crippen LogP contribution in [0.25, 0.3) is 0 Å². The number of aromatic nitrogens is 1. The molecule has 0 saturated carbocycles. The lowest BCUT2D eigenvalue weighted by molar-refractivity contribution is -0.138. The molecule has 0 fully saturated rings. The first-order chi connectivity index (χ1) is 28.6. The first-order valence-electron chi connectivity index (χ1n) is 20.1. The van der Waals surface area contributed by atoms with Crippen LogP contribution in [0.15, 0.2) is 126 Å². The molecule has 0 saturated heterocycles. The molecule has 1 aliphatic heterocycles. The topological polar surface area (TPSA) is 159 Å². The number of hydrogen-bond donors (Lipinski definition) is 4.